The molecule has 2 fully saturated rings. The van der Waals surface area contributed by atoms with Crippen molar-refractivity contribution in [1.29, 1.82) is 0 Å². The van der Waals surface area contributed by atoms with Crippen molar-refractivity contribution >= 4 is 8.72 Å². The first-order chi connectivity index (χ1) is 8.24. The predicted octanol–water partition coefficient (Wildman–Crippen LogP) is 3.04. The van der Waals surface area contributed by atoms with Gasteiger partial charge < -0.3 is 8.85 Å². The monoisotopic (exact) mass is 257 g/mol. The van der Waals surface area contributed by atoms with Gasteiger partial charge in [-0.1, -0.05) is 26.2 Å². The molecule has 1 saturated carbocycles. The molecule has 0 amide bonds. The summed E-state index contributed by atoms with van der Waals surface area (Å²) in [6.45, 7) is 3.50. The lowest BCUT2D eigenvalue weighted by molar-refractivity contribution is 0.0941. The van der Waals surface area contributed by atoms with Crippen LogP contribution in [0.25, 0.3) is 0 Å². The van der Waals surface area contributed by atoms with Crippen LogP contribution in [0.15, 0.2) is 0 Å². The van der Waals surface area contributed by atoms with Crippen molar-refractivity contribution in [2.45, 2.75) is 63.5 Å². The third-order valence-corrected chi connectivity index (χ3v) is 8.75. The zero-order valence-corrected chi connectivity index (χ0v) is 12.6. The highest BCUT2D eigenvalue weighted by Crippen LogP contribution is 2.39. The Morgan fingerprint density at radius 2 is 1.59 bits per heavy atom. The van der Waals surface area contributed by atoms with Gasteiger partial charge in [0.05, 0.1) is 0 Å². The molecule has 0 N–H and O–H groups in total. The molecule has 0 bridgehead atoms. The van der Waals surface area contributed by atoms with Crippen LogP contribution in [0, 0.1) is 0 Å². The molecule has 100 valence electrons. The minimum atomic E-state index is -2.12. The molecule has 0 aromatic heterocycles. The molecule has 3 nitrogen and oxygen atoms in total. The van der Waals surface area contributed by atoms with Gasteiger partial charge in [-0.25, -0.2) is 0 Å². The molecule has 1 atom stereocenters. The normalized spacial score (nSPS) is 31.6. The van der Waals surface area contributed by atoms with Gasteiger partial charge in [0, 0.05) is 25.8 Å². The second-order valence-electron chi connectivity index (χ2n) is 5.57. The summed E-state index contributed by atoms with van der Waals surface area (Å²) in [5, 5.41) is 0. The highest BCUT2D eigenvalue weighted by Gasteiger charge is 2.53. The van der Waals surface area contributed by atoms with E-state index in [0.717, 1.165) is 6.04 Å². The van der Waals surface area contributed by atoms with Gasteiger partial charge in [0.25, 0.3) is 0 Å². The number of nitrogens with zero attached hydrogens (tertiary/aromatic N) is 1. The molecular formula is C13H27NO2Si. The molecule has 1 heterocycles. The van der Waals surface area contributed by atoms with Crippen LogP contribution in [-0.2, 0) is 8.85 Å². The molecule has 17 heavy (non-hydrogen) atoms. The van der Waals surface area contributed by atoms with Gasteiger partial charge in [-0.3, -0.25) is 4.57 Å². The highest BCUT2D eigenvalue weighted by atomic mass is 28.4. The fourth-order valence-corrected chi connectivity index (χ4v) is 7.55. The molecule has 1 aliphatic carbocycles. The van der Waals surface area contributed by atoms with Gasteiger partial charge in [0.1, 0.15) is 0 Å². The summed E-state index contributed by atoms with van der Waals surface area (Å²) in [6.07, 6.45) is 9.42. The van der Waals surface area contributed by atoms with Crippen molar-refractivity contribution in [3.05, 3.63) is 0 Å². The molecule has 1 unspecified atom stereocenters. The predicted molar refractivity (Wildman–Crippen MR) is 72.0 cm³/mol. The van der Waals surface area contributed by atoms with E-state index in [4.69, 9.17) is 8.85 Å². The van der Waals surface area contributed by atoms with E-state index in [1.165, 1.54) is 51.5 Å². The topological polar surface area (TPSA) is 21.7 Å². The second-order valence-corrected chi connectivity index (χ2v) is 9.21. The molecular weight excluding hydrogens is 230 g/mol. The smallest absolute Gasteiger partial charge is 0.386 e. The van der Waals surface area contributed by atoms with Crippen molar-refractivity contribution < 1.29 is 8.85 Å². The Kier molecular flexibility index (Phi) is 4.63. The minimum absolute atomic E-state index is 0.591. The largest absolute Gasteiger partial charge is 0.430 e. The van der Waals surface area contributed by atoms with E-state index in [1.807, 2.05) is 14.2 Å². The Hall–Kier alpha value is 0.0969. The molecule has 0 aromatic rings. The number of rotatable bonds is 3. The van der Waals surface area contributed by atoms with E-state index in [0.29, 0.717) is 5.54 Å². The van der Waals surface area contributed by atoms with Crippen molar-refractivity contribution in [1.82, 2.24) is 4.57 Å². The summed E-state index contributed by atoms with van der Waals surface area (Å²) in [7, 11) is 1.59. The third-order valence-electron chi connectivity index (χ3n) is 4.66. The average Bonchev–Trinajstić information content (AvgIpc) is 2.40. The lowest BCUT2D eigenvalue weighted by Crippen LogP contribution is -2.65. The standard InChI is InChI=1S/C13H27NO2Si/c1-12-8-7-11-14(17(12,15-2)16-3)13-9-5-4-6-10-13/h12-13H,4-11H2,1-3H3. The van der Waals surface area contributed by atoms with Crippen LogP contribution in [0.3, 0.4) is 0 Å². The molecule has 2 aliphatic rings. The summed E-state index contributed by atoms with van der Waals surface area (Å²) in [5.74, 6) is 0. The lowest BCUT2D eigenvalue weighted by atomic mass is 9.95. The highest BCUT2D eigenvalue weighted by molar-refractivity contribution is 6.66. The van der Waals surface area contributed by atoms with Crippen molar-refractivity contribution in [2.24, 2.45) is 0 Å². The number of hydrogen-bond donors (Lipinski definition) is 0. The fraction of sp³-hybridized carbons (Fsp3) is 1.00. The maximum absolute atomic E-state index is 5.95. The Labute approximate surface area is 107 Å². The van der Waals surface area contributed by atoms with E-state index in [9.17, 15) is 0 Å². The van der Waals surface area contributed by atoms with E-state index < -0.39 is 8.72 Å². The number of hydrogen-bond acceptors (Lipinski definition) is 3. The molecule has 0 aromatic carbocycles. The molecule has 1 saturated heterocycles. The zero-order valence-electron chi connectivity index (χ0n) is 11.6. The average molecular weight is 257 g/mol. The SMILES string of the molecule is CO[Si]1(OC)C(C)CCCN1C1CCCCC1. The summed E-state index contributed by atoms with van der Waals surface area (Å²) in [5.41, 5.74) is 0.591. The van der Waals surface area contributed by atoms with E-state index in [1.54, 1.807) is 0 Å². The molecule has 2 rings (SSSR count). The summed E-state index contributed by atoms with van der Waals surface area (Å²) >= 11 is 0. The molecule has 0 radical (unpaired) electrons. The lowest BCUT2D eigenvalue weighted by Gasteiger charge is -2.49. The summed E-state index contributed by atoms with van der Waals surface area (Å²) < 4.78 is 14.5. The molecule has 0 spiro atoms. The first-order valence-corrected chi connectivity index (χ1v) is 8.95. The first kappa shape index (κ1) is 13.5. The van der Waals surface area contributed by atoms with Crippen LogP contribution in [-0.4, -0.2) is 40.1 Å². The van der Waals surface area contributed by atoms with Gasteiger partial charge in [-0.15, -0.1) is 0 Å². The fourth-order valence-electron chi connectivity index (χ4n) is 3.74. The first-order valence-electron chi connectivity index (χ1n) is 7.11. The minimum Gasteiger partial charge on any atom is -0.386 e. The Morgan fingerprint density at radius 1 is 0.941 bits per heavy atom. The van der Waals surface area contributed by atoms with Gasteiger partial charge >= 0.3 is 8.72 Å². The Bertz CT molecular complexity index is 240. The zero-order chi connectivity index (χ0) is 12.3. The van der Waals surface area contributed by atoms with Crippen molar-refractivity contribution in [3.8, 4) is 0 Å². The van der Waals surface area contributed by atoms with Gasteiger partial charge in [0.15, 0.2) is 0 Å². The summed E-state index contributed by atoms with van der Waals surface area (Å²) in [6, 6.07) is 0.720. The van der Waals surface area contributed by atoms with E-state index in [2.05, 4.69) is 11.5 Å². The van der Waals surface area contributed by atoms with Crippen molar-refractivity contribution in [3.63, 3.8) is 0 Å². The van der Waals surface area contributed by atoms with Crippen LogP contribution in [0.4, 0.5) is 0 Å². The maximum atomic E-state index is 5.95. The summed E-state index contributed by atoms with van der Waals surface area (Å²) in [4.78, 5) is 0. The van der Waals surface area contributed by atoms with Gasteiger partial charge in [-0.05, 0) is 32.2 Å². The van der Waals surface area contributed by atoms with E-state index >= 15 is 0 Å². The van der Waals surface area contributed by atoms with Crippen LogP contribution in [0.2, 0.25) is 5.54 Å². The molecule has 4 heteroatoms. The van der Waals surface area contributed by atoms with Crippen molar-refractivity contribution in [2.75, 3.05) is 20.8 Å². The van der Waals surface area contributed by atoms with E-state index in [-0.39, 0.29) is 0 Å². The quantitative estimate of drug-likeness (QED) is 0.725. The Morgan fingerprint density at radius 3 is 2.18 bits per heavy atom. The van der Waals surface area contributed by atoms with Crippen LogP contribution in [0.5, 0.6) is 0 Å². The van der Waals surface area contributed by atoms with Crippen LogP contribution in [0.1, 0.15) is 51.9 Å². The third kappa shape index (κ3) is 2.45. The van der Waals surface area contributed by atoms with Crippen LogP contribution >= 0.6 is 0 Å². The second kappa shape index (κ2) is 5.82. The van der Waals surface area contributed by atoms with Gasteiger partial charge in [0.2, 0.25) is 0 Å². The van der Waals surface area contributed by atoms with Gasteiger partial charge in [-0.2, -0.15) is 0 Å². The Balaban J connectivity index is 2.15. The van der Waals surface area contributed by atoms with Crippen LogP contribution < -0.4 is 0 Å². The maximum Gasteiger partial charge on any atom is 0.430 e. The molecule has 1 aliphatic heterocycles.